The van der Waals surface area contributed by atoms with Gasteiger partial charge in [0, 0.05) is 18.7 Å². The first-order valence-electron chi connectivity index (χ1n) is 8.90. The van der Waals surface area contributed by atoms with E-state index < -0.39 is 0 Å². The minimum absolute atomic E-state index is 0.0135. The van der Waals surface area contributed by atoms with Crippen LogP contribution in [0.4, 0.5) is 10.6 Å². The molecule has 2 aromatic heterocycles. The van der Waals surface area contributed by atoms with E-state index in [1.165, 1.54) is 0 Å². The van der Waals surface area contributed by atoms with Gasteiger partial charge in [-0.1, -0.05) is 30.3 Å². The second-order valence-electron chi connectivity index (χ2n) is 6.48. The molecule has 0 aliphatic carbocycles. The number of hydrogen-bond acceptors (Lipinski definition) is 5. The number of anilines is 1. The van der Waals surface area contributed by atoms with Gasteiger partial charge in [0.05, 0.1) is 30.2 Å². The molecule has 0 saturated carbocycles. The van der Waals surface area contributed by atoms with E-state index in [0.717, 1.165) is 22.9 Å². The van der Waals surface area contributed by atoms with Gasteiger partial charge in [-0.05, 0) is 12.5 Å². The maximum Gasteiger partial charge on any atom is 0.320 e. The summed E-state index contributed by atoms with van der Waals surface area (Å²) in [6, 6.07) is 11.1. The Morgan fingerprint density at radius 2 is 2.22 bits per heavy atom. The Hall–Kier alpha value is -3.13. The van der Waals surface area contributed by atoms with E-state index in [-0.39, 0.29) is 18.2 Å². The second kappa shape index (κ2) is 7.63. The van der Waals surface area contributed by atoms with Crippen LogP contribution in [0.2, 0.25) is 0 Å². The van der Waals surface area contributed by atoms with E-state index in [2.05, 4.69) is 25.8 Å². The van der Waals surface area contributed by atoms with E-state index in [1.807, 2.05) is 37.3 Å². The van der Waals surface area contributed by atoms with Crippen LogP contribution >= 0.6 is 0 Å². The lowest BCUT2D eigenvalue weighted by Crippen LogP contribution is -2.31. The van der Waals surface area contributed by atoms with Crippen molar-refractivity contribution in [1.82, 2.24) is 20.5 Å². The van der Waals surface area contributed by atoms with Crippen LogP contribution < -0.4 is 15.4 Å². The average Bonchev–Trinajstić information content (AvgIpc) is 3.33. The monoisotopic (exact) mass is 367 g/mol. The molecule has 27 heavy (non-hydrogen) atoms. The van der Waals surface area contributed by atoms with Crippen molar-refractivity contribution in [1.29, 1.82) is 0 Å². The lowest BCUT2D eigenvalue weighted by Gasteiger charge is -2.14. The molecule has 0 radical (unpaired) electrons. The van der Waals surface area contributed by atoms with Crippen molar-refractivity contribution in [3.05, 3.63) is 48.2 Å². The lowest BCUT2D eigenvalue weighted by atomic mass is 10.1. The van der Waals surface area contributed by atoms with Crippen LogP contribution in [0.25, 0.3) is 10.9 Å². The van der Waals surface area contributed by atoms with Gasteiger partial charge in [0.25, 0.3) is 0 Å². The number of aromatic amines is 1. The number of fused-ring (bicyclic) bond motifs is 1. The number of amides is 2. The Balaban J connectivity index is 1.41. The maximum atomic E-state index is 12.2. The van der Waals surface area contributed by atoms with Crippen LogP contribution in [0.5, 0.6) is 5.88 Å². The third kappa shape index (κ3) is 4.01. The number of nitrogens with zero attached hydrogens (tertiary/aromatic N) is 2. The zero-order chi connectivity index (χ0) is 18.6. The van der Waals surface area contributed by atoms with Crippen molar-refractivity contribution in [3.8, 4) is 5.88 Å². The van der Waals surface area contributed by atoms with Gasteiger partial charge in [0.2, 0.25) is 5.88 Å². The van der Waals surface area contributed by atoms with Crippen LogP contribution in [0, 0.1) is 0 Å². The van der Waals surface area contributed by atoms with E-state index >= 15 is 0 Å². The van der Waals surface area contributed by atoms with Crippen LogP contribution in [-0.4, -0.2) is 40.5 Å². The standard InChI is InChI=1S/C19H21N5O3/c1-12(13-5-3-2-4-6-13)21-19(25)22-17-9-16-15(10-20-17)18(24-23-16)27-14-7-8-26-11-14/h2-6,9-10,12,14H,7-8,11H2,1H3,(H,23,24)(H2,20,21,22,25). The van der Waals surface area contributed by atoms with Gasteiger partial charge in [0.1, 0.15) is 11.9 Å². The Morgan fingerprint density at radius 3 is 3.00 bits per heavy atom. The number of urea groups is 1. The highest BCUT2D eigenvalue weighted by atomic mass is 16.5. The smallest absolute Gasteiger partial charge is 0.320 e. The molecule has 0 spiro atoms. The molecule has 1 fully saturated rings. The van der Waals surface area contributed by atoms with Crippen LogP contribution in [-0.2, 0) is 4.74 Å². The van der Waals surface area contributed by atoms with Crippen LogP contribution in [0.3, 0.4) is 0 Å². The summed E-state index contributed by atoms with van der Waals surface area (Å²) in [6.45, 7) is 3.20. The largest absolute Gasteiger partial charge is 0.470 e. The molecule has 1 saturated heterocycles. The summed E-state index contributed by atoms with van der Waals surface area (Å²) in [6.07, 6.45) is 2.50. The predicted octanol–water partition coefficient (Wildman–Crippen LogP) is 3.01. The molecule has 1 aliphatic rings. The lowest BCUT2D eigenvalue weighted by molar-refractivity contribution is 0.139. The fraction of sp³-hybridized carbons (Fsp3) is 0.316. The van der Waals surface area contributed by atoms with Gasteiger partial charge in [-0.2, -0.15) is 0 Å². The summed E-state index contributed by atoms with van der Waals surface area (Å²) in [5.74, 6) is 0.932. The Kier molecular flexibility index (Phi) is 4.88. The molecular weight excluding hydrogens is 346 g/mol. The second-order valence-corrected chi connectivity index (χ2v) is 6.48. The number of ether oxygens (including phenoxy) is 2. The molecule has 1 aromatic carbocycles. The number of pyridine rings is 1. The quantitative estimate of drug-likeness (QED) is 0.643. The molecule has 2 unspecified atom stereocenters. The summed E-state index contributed by atoms with van der Waals surface area (Å²) >= 11 is 0. The highest BCUT2D eigenvalue weighted by Crippen LogP contribution is 2.25. The van der Waals surface area contributed by atoms with E-state index in [9.17, 15) is 4.79 Å². The molecule has 3 heterocycles. The minimum atomic E-state index is -0.322. The van der Waals surface area contributed by atoms with E-state index in [1.54, 1.807) is 12.3 Å². The summed E-state index contributed by atoms with van der Waals surface area (Å²) < 4.78 is 11.2. The normalized spacial score (nSPS) is 17.6. The van der Waals surface area contributed by atoms with Crippen molar-refractivity contribution in [2.45, 2.75) is 25.5 Å². The zero-order valence-electron chi connectivity index (χ0n) is 14.9. The van der Waals surface area contributed by atoms with Crippen LogP contribution in [0.1, 0.15) is 24.9 Å². The van der Waals surface area contributed by atoms with Crippen molar-refractivity contribution in [3.63, 3.8) is 0 Å². The predicted molar refractivity (Wildman–Crippen MR) is 101 cm³/mol. The van der Waals surface area contributed by atoms with Gasteiger partial charge in [-0.25, -0.2) is 9.78 Å². The fourth-order valence-corrected chi connectivity index (χ4v) is 2.99. The summed E-state index contributed by atoms with van der Waals surface area (Å²) in [5, 5.41) is 13.5. The molecule has 8 heteroatoms. The average molecular weight is 367 g/mol. The molecule has 4 rings (SSSR count). The first-order valence-corrected chi connectivity index (χ1v) is 8.90. The highest BCUT2D eigenvalue weighted by molar-refractivity contribution is 5.92. The van der Waals surface area contributed by atoms with E-state index in [0.29, 0.717) is 24.9 Å². The number of rotatable bonds is 5. The molecule has 2 amide bonds. The zero-order valence-corrected chi connectivity index (χ0v) is 14.9. The highest BCUT2D eigenvalue weighted by Gasteiger charge is 2.20. The number of aromatic nitrogens is 3. The number of H-pyrrole nitrogens is 1. The molecule has 3 aromatic rings. The third-order valence-corrected chi connectivity index (χ3v) is 4.47. The first-order chi connectivity index (χ1) is 13.2. The van der Waals surface area contributed by atoms with Gasteiger partial charge >= 0.3 is 6.03 Å². The molecule has 2 atom stereocenters. The SMILES string of the molecule is CC(NC(=O)Nc1cc2[nH]nc(OC3CCOC3)c2cn1)c1ccccc1. The number of carbonyl (C=O) groups excluding carboxylic acids is 1. The topological polar surface area (TPSA) is 101 Å². The Labute approximate surface area is 156 Å². The Bertz CT molecular complexity index is 921. The van der Waals surface area contributed by atoms with Crippen molar-refractivity contribution >= 4 is 22.8 Å². The summed E-state index contributed by atoms with van der Waals surface area (Å²) in [5.41, 5.74) is 1.77. The molecule has 0 bridgehead atoms. The van der Waals surface area contributed by atoms with Gasteiger partial charge < -0.3 is 14.8 Å². The molecule has 140 valence electrons. The third-order valence-electron chi connectivity index (χ3n) is 4.47. The number of benzene rings is 1. The fourth-order valence-electron chi connectivity index (χ4n) is 2.99. The van der Waals surface area contributed by atoms with Crippen molar-refractivity contribution < 1.29 is 14.3 Å². The van der Waals surface area contributed by atoms with Gasteiger partial charge in [-0.3, -0.25) is 10.4 Å². The maximum absolute atomic E-state index is 12.2. The molecule has 3 N–H and O–H groups in total. The number of hydrogen-bond donors (Lipinski definition) is 3. The van der Waals surface area contributed by atoms with E-state index in [4.69, 9.17) is 9.47 Å². The number of nitrogens with one attached hydrogen (secondary N) is 3. The summed E-state index contributed by atoms with van der Waals surface area (Å²) in [4.78, 5) is 16.5. The van der Waals surface area contributed by atoms with Gasteiger partial charge in [0.15, 0.2) is 0 Å². The molecular formula is C19H21N5O3. The van der Waals surface area contributed by atoms with Crippen LogP contribution in [0.15, 0.2) is 42.6 Å². The van der Waals surface area contributed by atoms with Gasteiger partial charge in [-0.15, -0.1) is 5.10 Å². The van der Waals surface area contributed by atoms with Crippen molar-refractivity contribution in [2.75, 3.05) is 18.5 Å². The first kappa shape index (κ1) is 17.3. The molecule has 8 nitrogen and oxygen atoms in total. The summed E-state index contributed by atoms with van der Waals surface area (Å²) in [7, 11) is 0. The molecule has 1 aliphatic heterocycles. The Morgan fingerprint density at radius 1 is 1.37 bits per heavy atom. The van der Waals surface area contributed by atoms with Crippen molar-refractivity contribution in [2.24, 2.45) is 0 Å². The minimum Gasteiger partial charge on any atom is -0.470 e. The number of carbonyl (C=O) groups is 1.